The number of ether oxygens (including phenoxy) is 2. The van der Waals surface area contributed by atoms with Crippen molar-refractivity contribution in [1.29, 1.82) is 0 Å². The van der Waals surface area contributed by atoms with E-state index in [1.54, 1.807) is 0 Å². The number of methoxy groups -OCH3 is 2. The Bertz CT molecular complexity index is 693. The fraction of sp³-hybridized carbons (Fsp3) is 0.200. The molecular weight excluding hydrogens is 292 g/mol. The summed E-state index contributed by atoms with van der Waals surface area (Å²) in [6.07, 6.45) is 3.73. The SMILES string of the molecule is COc1cc(=O)n(C/C=C/c2ccc(Cl)cc2)nc1OC. The van der Waals surface area contributed by atoms with Crippen molar-refractivity contribution < 1.29 is 9.47 Å². The molecule has 1 heterocycles. The second-order valence-corrected chi connectivity index (χ2v) is 4.63. The third kappa shape index (κ3) is 3.86. The van der Waals surface area contributed by atoms with Crippen LogP contribution in [0.2, 0.25) is 5.02 Å². The first-order chi connectivity index (χ1) is 10.1. The van der Waals surface area contributed by atoms with Gasteiger partial charge in [0.15, 0.2) is 5.75 Å². The lowest BCUT2D eigenvalue weighted by Crippen LogP contribution is -2.22. The van der Waals surface area contributed by atoms with E-state index in [9.17, 15) is 4.79 Å². The van der Waals surface area contributed by atoms with Gasteiger partial charge in [-0.1, -0.05) is 35.9 Å². The third-order valence-corrected chi connectivity index (χ3v) is 3.06. The number of hydrogen-bond donors (Lipinski definition) is 0. The highest BCUT2D eigenvalue weighted by Gasteiger charge is 2.08. The molecular formula is C15H15ClN2O3. The average Bonchev–Trinajstić information content (AvgIpc) is 2.50. The predicted molar refractivity (Wildman–Crippen MR) is 82.1 cm³/mol. The van der Waals surface area contributed by atoms with Crippen LogP contribution in [0.5, 0.6) is 11.6 Å². The zero-order valence-electron chi connectivity index (χ0n) is 11.7. The van der Waals surface area contributed by atoms with Crippen LogP contribution in [0.4, 0.5) is 0 Å². The van der Waals surface area contributed by atoms with Crippen molar-refractivity contribution in [3.8, 4) is 11.6 Å². The van der Waals surface area contributed by atoms with Gasteiger partial charge in [0.2, 0.25) is 0 Å². The Morgan fingerprint density at radius 1 is 1.24 bits per heavy atom. The molecule has 0 fully saturated rings. The van der Waals surface area contributed by atoms with Crippen molar-refractivity contribution >= 4 is 17.7 Å². The van der Waals surface area contributed by atoms with Crippen LogP contribution in [-0.4, -0.2) is 24.0 Å². The van der Waals surface area contributed by atoms with Gasteiger partial charge in [-0.05, 0) is 17.7 Å². The molecule has 0 amide bonds. The second-order valence-electron chi connectivity index (χ2n) is 4.20. The summed E-state index contributed by atoms with van der Waals surface area (Å²) < 4.78 is 11.4. The summed E-state index contributed by atoms with van der Waals surface area (Å²) in [5.41, 5.74) is 0.737. The molecule has 0 spiro atoms. The van der Waals surface area contributed by atoms with E-state index in [0.717, 1.165) is 5.56 Å². The van der Waals surface area contributed by atoms with Crippen LogP contribution in [0.3, 0.4) is 0 Å². The quantitative estimate of drug-likeness (QED) is 0.852. The van der Waals surface area contributed by atoms with E-state index in [1.807, 2.05) is 36.4 Å². The van der Waals surface area contributed by atoms with E-state index in [0.29, 0.717) is 17.3 Å². The Labute approximate surface area is 127 Å². The number of aromatic nitrogens is 2. The minimum Gasteiger partial charge on any atom is -0.491 e. The van der Waals surface area contributed by atoms with Crippen molar-refractivity contribution in [2.24, 2.45) is 0 Å². The van der Waals surface area contributed by atoms with Crippen molar-refractivity contribution in [1.82, 2.24) is 9.78 Å². The maximum absolute atomic E-state index is 11.9. The van der Waals surface area contributed by atoms with Crippen molar-refractivity contribution in [3.63, 3.8) is 0 Å². The van der Waals surface area contributed by atoms with Crippen LogP contribution < -0.4 is 15.0 Å². The van der Waals surface area contributed by atoms with Gasteiger partial charge < -0.3 is 9.47 Å². The number of allylic oxidation sites excluding steroid dienone is 1. The molecule has 0 atom stereocenters. The molecule has 110 valence electrons. The molecule has 6 heteroatoms. The molecule has 0 N–H and O–H groups in total. The minimum atomic E-state index is -0.256. The largest absolute Gasteiger partial charge is 0.491 e. The second kappa shape index (κ2) is 6.95. The molecule has 0 aliphatic heterocycles. The first-order valence-electron chi connectivity index (χ1n) is 6.26. The van der Waals surface area contributed by atoms with Gasteiger partial charge in [-0.15, -0.1) is 5.10 Å². The summed E-state index contributed by atoms with van der Waals surface area (Å²) in [6, 6.07) is 8.75. The summed E-state index contributed by atoms with van der Waals surface area (Å²) >= 11 is 5.82. The van der Waals surface area contributed by atoms with E-state index >= 15 is 0 Å². The van der Waals surface area contributed by atoms with Crippen molar-refractivity contribution in [2.75, 3.05) is 14.2 Å². The maximum Gasteiger partial charge on any atom is 0.274 e. The molecule has 5 nitrogen and oxygen atoms in total. The van der Waals surface area contributed by atoms with E-state index in [-0.39, 0.29) is 11.4 Å². The third-order valence-electron chi connectivity index (χ3n) is 2.80. The summed E-state index contributed by atoms with van der Waals surface area (Å²) in [7, 11) is 2.94. The highest BCUT2D eigenvalue weighted by molar-refractivity contribution is 6.30. The lowest BCUT2D eigenvalue weighted by Gasteiger charge is -2.08. The van der Waals surface area contributed by atoms with E-state index < -0.39 is 0 Å². The number of hydrogen-bond acceptors (Lipinski definition) is 4. The predicted octanol–water partition coefficient (Wildman–Crippen LogP) is 2.63. The van der Waals surface area contributed by atoms with Crippen molar-refractivity contribution in [3.05, 3.63) is 57.3 Å². The molecule has 0 aliphatic rings. The Kier molecular flexibility index (Phi) is 5.00. The smallest absolute Gasteiger partial charge is 0.274 e. The molecule has 0 saturated carbocycles. The molecule has 2 rings (SSSR count). The number of halogens is 1. The first-order valence-corrected chi connectivity index (χ1v) is 6.64. The molecule has 0 radical (unpaired) electrons. The standard InChI is InChI=1S/C15H15ClN2O3/c1-20-13-10-14(19)18(17-15(13)21-2)9-3-4-11-5-7-12(16)8-6-11/h3-8,10H,9H2,1-2H3/b4-3+. The van der Waals surface area contributed by atoms with Crippen LogP contribution in [0.25, 0.3) is 6.08 Å². The number of benzene rings is 1. The Hall–Kier alpha value is -2.27. The lowest BCUT2D eigenvalue weighted by atomic mass is 10.2. The Morgan fingerprint density at radius 3 is 2.57 bits per heavy atom. The van der Waals surface area contributed by atoms with Crippen LogP contribution in [0.15, 0.2) is 41.2 Å². The summed E-state index contributed by atoms with van der Waals surface area (Å²) in [4.78, 5) is 11.9. The zero-order chi connectivity index (χ0) is 15.2. The van der Waals surface area contributed by atoms with Crippen LogP contribution in [0.1, 0.15) is 5.56 Å². The highest BCUT2D eigenvalue weighted by atomic mass is 35.5. The van der Waals surface area contributed by atoms with E-state index in [1.165, 1.54) is 25.0 Å². The van der Waals surface area contributed by atoms with Gasteiger partial charge in [0.1, 0.15) is 0 Å². The molecule has 21 heavy (non-hydrogen) atoms. The number of nitrogens with zero attached hydrogens (tertiary/aromatic N) is 2. The molecule has 2 aromatic rings. The molecule has 0 saturated heterocycles. The van der Waals surface area contributed by atoms with Gasteiger partial charge in [-0.2, -0.15) is 0 Å². The van der Waals surface area contributed by atoms with Crippen LogP contribution >= 0.6 is 11.6 Å². The normalized spacial score (nSPS) is 10.8. The van der Waals surface area contributed by atoms with E-state index in [4.69, 9.17) is 21.1 Å². The first kappa shape index (κ1) is 15.1. The average molecular weight is 307 g/mol. The van der Waals surface area contributed by atoms with Gasteiger partial charge in [0.05, 0.1) is 26.8 Å². The number of rotatable bonds is 5. The molecule has 0 bridgehead atoms. The highest BCUT2D eigenvalue weighted by Crippen LogP contribution is 2.20. The topological polar surface area (TPSA) is 53.4 Å². The fourth-order valence-electron chi connectivity index (χ4n) is 1.74. The van der Waals surface area contributed by atoms with Gasteiger partial charge in [0, 0.05) is 5.02 Å². The molecule has 0 unspecified atom stereocenters. The van der Waals surface area contributed by atoms with Gasteiger partial charge in [0.25, 0.3) is 11.4 Å². The van der Waals surface area contributed by atoms with Gasteiger partial charge in [-0.3, -0.25) is 4.79 Å². The van der Waals surface area contributed by atoms with Crippen LogP contribution in [0, 0.1) is 0 Å². The van der Waals surface area contributed by atoms with Gasteiger partial charge >= 0.3 is 0 Å². The molecule has 1 aromatic heterocycles. The fourth-order valence-corrected chi connectivity index (χ4v) is 1.86. The minimum absolute atomic E-state index is 0.256. The Morgan fingerprint density at radius 2 is 1.95 bits per heavy atom. The van der Waals surface area contributed by atoms with Crippen molar-refractivity contribution in [2.45, 2.75) is 6.54 Å². The Balaban J connectivity index is 2.16. The lowest BCUT2D eigenvalue weighted by molar-refractivity contribution is 0.329. The van der Waals surface area contributed by atoms with Gasteiger partial charge in [-0.25, -0.2) is 4.68 Å². The summed E-state index contributed by atoms with van der Waals surface area (Å²) in [6.45, 7) is 0.335. The van der Waals surface area contributed by atoms with Crippen LogP contribution in [-0.2, 0) is 6.54 Å². The summed E-state index contributed by atoms with van der Waals surface area (Å²) in [5.74, 6) is 0.595. The van der Waals surface area contributed by atoms with E-state index in [2.05, 4.69) is 5.10 Å². The monoisotopic (exact) mass is 306 g/mol. The zero-order valence-corrected chi connectivity index (χ0v) is 12.5. The maximum atomic E-state index is 11.9. The molecule has 0 aliphatic carbocycles. The summed E-state index contributed by atoms with van der Waals surface area (Å²) in [5, 5.41) is 4.78. The molecule has 1 aromatic carbocycles.